The van der Waals surface area contributed by atoms with Crippen LogP contribution in [-0.4, -0.2) is 35.7 Å². The minimum Gasteiger partial charge on any atom is -0.409 e. The van der Waals surface area contributed by atoms with E-state index in [4.69, 9.17) is 15.7 Å². The number of carbonyl (C=O) groups is 1. The highest BCUT2D eigenvalue weighted by molar-refractivity contribution is 5.91. The third-order valence-electron chi connectivity index (χ3n) is 4.57. The van der Waals surface area contributed by atoms with Crippen LogP contribution in [0, 0.1) is 11.8 Å². The molecule has 6 nitrogen and oxygen atoms in total. The van der Waals surface area contributed by atoms with Crippen LogP contribution in [-0.2, 0) is 9.53 Å². The molecule has 114 valence electrons. The number of amides is 1. The van der Waals surface area contributed by atoms with Gasteiger partial charge >= 0.3 is 0 Å². The van der Waals surface area contributed by atoms with E-state index >= 15 is 0 Å². The number of nitrogens with two attached hydrogens (primary N) is 1. The van der Waals surface area contributed by atoms with Crippen molar-refractivity contribution in [1.29, 1.82) is 0 Å². The fourth-order valence-electron chi connectivity index (χ4n) is 3.30. The minimum atomic E-state index is -0.361. The lowest BCUT2D eigenvalue weighted by Gasteiger charge is -2.31. The Bertz CT molecular complexity index is 367. The zero-order valence-electron chi connectivity index (χ0n) is 12.0. The average molecular weight is 283 g/mol. The van der Waals surface area contributed by atoms with Gasteiger partial charge in [-0.25, -0.2) is 0 Å². The van der Waals surface area contributed by atoms with Crippen LogP contribution in [0.3, 0.4) is 0 Å². The van der Waals surface area contributed by atoms with Gasteiger partial charge in [-0.2, -0.15) is 0 Å². The molecule has 2 fully saturated rings. The number of rotatable bonds is 4. The molecule has 1 saturated heterocycles. The molecule has 0 aromatic carbocycles. The molecule has 1 amide bonds. The summed E-state index contributed by atoms with van der Waals surface area (Å²) < 4.78 is 5.43. The van der Waals surface area contributed by atoms with E-state index in [-0.39, 0.29) is 35.7 Å². The van der Waals surface area contributed by atoms with E-state index in [1.54, 1.807) is 0 Å². The lowest BCUT2D eigenvalue weighted by molar-refractivity contribution is -0.127. The summed E-state index contributed by atoms with van der Waals surface area (Å²) in [6, 6.07) is -0.361. The Morgan fingerprint density at radius 2 is 2.05 bits per heavy atom. The molecule has 3 unspecified atom stereocenters. The third kappa shape index (κ3) is 3.42. The number of hydrogen-bond donors (Lipinski definition) is 3. The van der Waals surface area contributed by atoms with Crippen molar-refractivity contribution in [1.82, 2.24) is 5.32 Å². The number of carbonyl (C=O) groups excluding carboxylic acids is 1. The summed E-state index contributed by atoms with van der Waals surface area (Å²) in [5, 5.41) is 15.0. The quantitative estimate of drug-likeness (QED) is 0.313. The zero-order valence-corrected chi connectivity index (χ0v) is 12.0. The lowest BCUT2D eigenvalue weighted by Crippen LogP contribution is -2.52. The Morgan fingerprint density at radius 1 is 1.35 bits per heavy atom. The molecule has 4 N–H and O–H groups in total. The smallest absolute Gasteiger partial charge is 0.226 e. The summed E-state index contributed by atoms with van der Waals surface area (Å²) in [6.07, 6.45) is 6.20. The predicted molar refractivity (Wildman–Crippen MR) is 75.4 cm³/mol. The first-order valence-electron chi connectivity index (χ1n) is 7.53. The van der Waals surface area contributed by atoms with E-state index < -0.39 is 0 Å². The monoisotopic (exact) mass is 283 g/mol. The third-order valence-corrected chi connectivity index (χ3v) is 4.57. The molecule has 0 spiro atoms. The Kier molecular flexibility index (Phi) is 5.23. The van der Waals surface area contributed by atoms with Gasteiger partial charge in [0.2, 0.25) is 5.91 Å². The zero-order chi connectivity index (χ0) is 14.5. The SMILES string of the molecule is CC1OCCC1C(=O)NC(C(N)=NO)C1CCCCC1. The van der Waals surface area contributed by atoms with Gasteiger partial charge in [-0.3, -0.25) is 4.79 Å². The Hall–Kier alpha value is -1.30. The highest BCUT2D eigenvalue weighted by Crippen LogP contribution is 2.27. The van der Waals surface area contributed by atoms with Gasteiger partial charge in [0, 0.05) is 6.61 Å². The molecule has 3 atom stereocenters. The first-order chi connectivity index (χ1) is 9.63. The minimum absolute atomic E-state index is 0.0443. The molecule has 2 aliphatic rings. The number of oxime groups is 1. The van der Waals surface area contributed by atoms with Crippen molar-refractivity contribution >= 4 is 11.7 Å². The molecule has 0 bridgehead atoms. The van der Waals surface area contributed by atoms with Crippen molar-refractivity contribution in [3.63, 3.8) is 0 Å². The van der Waals surface area contributed by atoms with Crippen LogP contribution in [0.1, 0.15) is 45.4 Å². The van der Waals surface area contributed by atoms with Crippen molar-refractivity contribution in [2.45, 2.75) is 57.6 Å². The Labute approximate surface area is 119 Å². The highest BCUT2D eigenvalue weighted by atomic mass is 16.5. The fourth-order valence-corrected chi connectivity index (χ4v) is 3.30. The van der Waals surface area contributed by atoms with Crippen LogP contribution in [0.4, 0.5) is 0 Å². The lowest BCUT2D eigenvalue weighted by atomic mass is 9.83. The molecular formula is C14H25N3O3. The largest absolute Gasteiger partial charge is 0.409 e. The molecule has 6 heteroatoms. The van der Waals surface area contributed by atoms with Gasteiger partial charge in [-0.05, 0) is 32.1 Å². The van der Waals surface area contributed by atoms with Crippen molar-refractivity contribution in [2.24, 2.45) is 22.7 Å². The van der Waals surface area contributed by atoms with E-state index in [0.717, 1.165) is 32.1 Å². The average Bonchev–Trinajstić information content (AvgIpc) is 2.91. The van der Waals surface area contributed by atoms with Crippen LogP contribution in [0.25, 0.3) is 0 Å². The number of hydrogen-bond acceptors (Lipinski definition) is 4. The maximum Gasteiger partial charge on any atom is 0.226 e. The molecule has 0 radical (unpaired) electrons. The summed E-state index contributed by atoms with van der Waals surface area (Å²) in [7, 11) is 0. The van der Waals surface area contributed by atoms with Crippen LogP contribution in [0.15, 0.2) is 5.16 Å². The first kappa shape index (κ1) is 15.1. The van der Waals surface area contributed by atoms with Crippen LogP contribution in [0.5, 0.6) is 0 Å². The highest BCUT2D eigenvalue weighted by Gasteiger charge is 2.35. The van der Waals surface area contributed by atoms with Crippen molar-refractivity contribution in [3.8, 4) is 0 Å². The second kappa shape index (κ2) is 6.92. The summed E-state index contributed by atoms with van der Waals surface area (Å²) in [5.74, 6) is 0.197. The number of ether oxygens (including phenoxy) is 1. The summed E-state index contributed by atoms with van der Waals surface area (Å²) in [6.45, 7) is 2.53. The molecule has 0 aromatic heterocycles. The van der Waals surface area contributed by atoms with Gasteiger partial charge in [-0.15, -0.1) is 0 Å². The summed E-state index contributed by atoms with van der Waals surface area (Å²) in [4.78, 5) is 12.3. The van der Waals surface area contributed by atoms with Crippen molar-refractivity contribution in [3.05, 3.63) is 0 Å². The second-order valence-electron chi connectivity index (χ2n) is 5.88. The normalized spacial score (nSPS) is 30.1. The van der Waals surface area contributed by atoms with E-state index in [2.05, 4.69) is 10.5 Å². The van der Waals surface area contributed by atoms with Gasteiger partial charge in [-0.1, -0.05) is 24.4 Å². The van der Waals surface area contributed by atoms with Gasteiger partial charge < -0.3 is 21.0 Å². The standard InChI is InChI=1S/C14H25N3O3/c1-9-11(7-8-20-9)14(18)16-12(13(15)17-19)10-5-3-2-4-6-10/h9-12,19H,2-8H2,1H3,(H2,15,17)(H,16,18). The van der Waals surface area contributed by atoms with E-state index in [9.17, 15) is 4.79 Å². The molecule has 0 aromatic rings. The predicted octanol–water partition coefficient (Wildman–Crippen LogP) is 1.22. The van der Waals surface area contributed by atoms with Crippen LogP contribution in [0.2, 0.25) is 0 Å². The molecule has 1 heterocycles. The molecular weight excluding hydrogens is 258 g/mol. The molecule has 2 rings (SSSR count). The Morgan fingerprint density at radius 3 is 2.60 bits per heavy atom. The number of nitrogens with one attached hydrogen (secondary N) is 1. The van der Waals surface area contributed by atoms with Gasteiger partial charge in [0.25, 0.3) is 0 Å². The van der Waals surface area contributed by atoms with E-state index in [1.165, 1.54) is 6.42 Å². The van der Waals surface area contributed by atoms with Crippen molar-refractivity contribution < 1.29 is 14.7 Å². The van der Waals surface area contributed by atoms with E-state index in [0.29, 0.717) is 6.61 Å². The molecule has 1 saturated carbocycles. The molecule has 1 aliphatic heterocycles. The second-order valence-corrected chi connectivity index (χ2v) is 5.88. The summed E-state index contributed by atoms with van der Waals surface area (Å²) in [5.41, 5.74) is 5.78. The first-order valence-corrected chi connectivity index (χ1v) is 7.53. The van der Waals surface area contributed by atoms with Crippen LogP contribution < -0.4 is 11.1 Å². The Balaban J connectivity index is 2.01. The van der Waals surface area contributed by atoms with E-state index in [1.807, 2.05) is 6.92 Å². The van der Waals surface area contributed by atoms with Crippen LogP contribution >= 0.6 is 0 Å². The van der Waals surface area contributed by atoms with Gasteiger partial charge in [0.1, 0.15) is 0 Å². The fraction of sp³-hybridized carbons (Fsp3) is 0.857. The number of nitrogens with zero attached hydrogens (tertiary/aromatic N) is 1. The number of amidine groups is 1. The molecule has 1 aliphatic carbocycles. The van der Waals surface area contributed by atoms with Crippen molar-refractivity contribution in [2.75, 3.05) is 6.61 Å². The molecule has 20 heavy (non-hydrogen) atoms. The summed E-state index contributed by atoms with van der Waals surface area (Å²) >= 11 is 0. The maximum atomic E-state index is 12.3. The maximum absolute atomic E-state index is 12.3. The van der Waals surface area contributed by atoms with Gasteiger partial charge in [0.15, 0.2) is 5.84 Å². The van der Waals surface area contributed by atoms with Gasteiger partial charge in [0.05, 0.1) is 18.1 Å². The topological polar surface area (TPSA) is 96.9 Å².